The average molecular weight is 178 g/mol. The average Bonchev–Trinajstić information content (AvgIpc) is 2.00. The van der Waals surface area contributed by atoms with Gasteiger partial charge in [-0.25, -0.2) is 0 Å². The summed E-state index contributed by atoms with van der Waals surface area (Å²) in [4.78, 5) is 0. The van der Waals surface area contributed by atoms with E-state index in [0.29, 0.717) is 6.42 Å². The van der Waals surface area contributed by atoms with Crippen molar-refractivity contribution in [3.63, 3.8) is 0 Å². The molecule has 0 aromatic heterocycles. The normalized spacial score (nSPS) is 16.5. The molecule has 1 unspecified atom stereocenters. The van der Waals surface area contributed by atoms with E-state index in [0.717, 1.165) is 0 Å². The lowest BCUT2D eigenvalue weighted by Crippen LogP contribution is -2.35. The summed E-state index contributed by atoms with van der Waals surface area (Å²) >= 11 is 0. The highest BCUT2D eigenvalue weighted by molar-refractivity contribution is 4.73. The van der Waals surface area contributed by atoms with Gasteiger partial charge in [0.25, 0.3) is 0 Å². The summed E-state index contributed by atoms with van der Waals surface area (Å²) in [5, 5.41) is 9.66. The fraction of sp³-hybridized carbons (Fsp3) is 1.00. The Labute approximate surface area is 73.4 Å². The number of hydrogen-bond acceptors (Lipinski definition) is 4. The monoisotopic (exact) mass is 178 g/mol. The van der Waals surface area contributed by atoms with Gasteiger partial charge in [-0.2, -0.15) is 0 Å². The smallest absolute Gasteiger partial charge is 0.159 e. The van der Waals surface area contributed by atoms with Crippen molar-refractivity contribution in [2.24, 2.45) is 0 Å². The van der Waals surface area contributed by atoms with E-state index in [9.17, 15) is 5.11 Å². The lowest BCUT2D eigenvalue weighted by Gasteiger charge is -2.25. The zero-order valence-corrected chi connectivity index (χ0v) is 8.16. The molecule has 0 saturated heterocycles. The molecule has 0 bridgehead atoms. The van der Waals surface area contributed by atoms with Crippen LogP contribution in [0, 0.1) is 0 Å². The van der Waals surface area contributed by atoms with Gasteiger partial charge in [-0.05, 0) is 6.92 Å². The van der Waals surface area contributed by atoms with Gasteiger partial charge >= 0.3 is 0 Å². The number of aliphatic hydroxyl groups is 1. The molecule has 0 rings (SSSR count). The third-order valence-electron chi connectivity index (χ3n) is 1.59. The highest BCUT2D eigenvalue weighted by atomic mass is 16.7. The quantitative estimate of drug-likeness (QED) is 0.598. The van der Waals surface area contributed by atoms with Crippen molar-refractivity contribution < 1.29 is 19.3 Å². The molecule has 4 heteroatoms. The van der Waals surface area contributed by atoms with Crippen molar-refractivity contribution >= 4 is 0 Å². The van der Waals surface area contributed by atoms with E-state index in [-0.39, 0.29) is 12.9 Å². The Balaban J connectivity index is 3.84. The molecule has 4 nitrogen and oxygen atoms in total. The molecule has 0 heterocycles. The van der Waals surface area contributed by atoms with Gasteiger partial charge in [-0.3, -0.25) is 0 Å². The van der Waals surface area contributed by atoms with E-state index >= 15 is 0 Å². The maximum absolute atomic E-state index is 9.66. The molecular formula is C8H18O4. The second kappa shape index (κ2) is 5.48. The second-order valence-electron chi connectivity index (χ2n) is 3.04. The van der Waals surface area contributed by atoms with Crippen LogP contribution >= 0.6 is 0 Å². The Morgan fingerprint density at radius 2 is 1.75 bits per heavy atom. The van der Waals surface area contributed by atoms with Gasteiger partial charge in [0.2, 0.25) is 0 Å². The molecule has 0 aromatic rings. The van der Waals surface area contributed by atoms with Crippen LogP contribution in [0.25, 0.3) is 0 Å². The summed E-state index contributed by atoms with van der Waals surface area (Å²) in [6, 6.07) is 0. The molecule has 1 N–H and O–H groups in total. The predicted octanol–water partition coefficient (Wildman–Crippen LogP) is 0.393. The third-order valence-corrected chi connectivity index (χ3v) is 1.59. The first kappa shape index (κ1) is 11.8. The molecule has 0 aliphatic carbocycles. The van der Waals surface area contributed by atoms with Gasteiger partial charge in [0.1, 0.15) is 0 Å². The van der Waals surface area contributed by atoms with Crippen molar-refractivity contribution in [3.8, 4) is 0 Å². The first-order valence-corrected chi connectivity index (χ1v) is 3.82. The van der Waals surface area contributed by atoms with E-state index in [1.165, 1.54) is 14.2 Å². The number of hydrogen-bond donors (Lipinski definition) is 1. The van der Waals surface area contributed by atoms with Gasteiger partial charge < -0.3 is 19.3 Å². The van der Waals surface area contributed by atoms with Crippen molar-refractivity contribution in [2.45, 2.75) is 25.2 Å². The second-order valence-corrected chi connectivity index (χ2v) is 3.04. The van der Waals surface area contributed by atoms with Crippen molar-refractivity contribution in [3.05, 3.63) is 0 Å². The van der Waals surface area contributed by atoms with E-state index in [4.69, 9.17) is 14.2 Å². The van der Waals surface area contributed by atoms with Crippen LogP contribution in [-0.2, 0) is 14.2 Å². The highest BCUT2D eigenvalue weighted by Crippen LogP contribution is 2.14. The molecule has 0 spiro atoms. The van der Waals surface area contributed by atoms with Crippen LogP contribution < -0.4 is 0 Å². The Hall–Kier alpha value is -0.160. The lowest BCUT2D eigenvalue weighted by molar-refractivity contribution is -0.150. The van der Waals surface area contributed by atoms with E-state index in [1.807, 2.05) is 0 Å². The zero-order valence-electron chi connectivity index (χ0n) is 8.16. The molecule has 0 saturated carbocycles. The van der Waals surface area contributed by atoms with Crippen LogP contribution in [0.5, 0.6) is 0 Å². The van der Waals surface area contributed by atoms with E-state index in [2.05, 4.69) is 0 Å². The fourth-order valence-corrected chi connectivity index (χ4v) is 0.992. The minimum absolute atomic E-state index is 0.274. The number of ether oxygens (including phenoxy) is 3. The summed E-state index contributed by atoms with van der Waals surface area (Å²) in [6.07, 6.45) is 0.0172. The molecule has 0 radical (unpaired) electrons. The molecular weight excluding hydrogens is 160 g/mol. The topological polar surface area (TPSA) is 47.9 Å². The van der Waals surface area contributed by atoms with Crippen molar-refractivity contribution in [1.29, 1.82) is 0 Å². The first-order chi connectivity index (χ1) is 5.55. The summed E-state index contributed by atoms with van der Waals surface area (Å²) < 4.78 is 14.7. The Kier molecular flexibility index (Phi) is 5.41. The standard InChI is InChI=1S/C8H18O4/c1-8(9,6-10-2)5-7(11-3)12-4/h7,9H,5-6H2,1-4H3. The Bertz CT molecular complexity index is 110. The molecule has 74 valence electrons. The Morgan fingerprint density at radius 3 is 2.08 bits per heavy atom. The minimum atomic E-state index is -0.897. The van der Waals surface area contributed by atoms with Crippen molar-refractivity contribution in [2.75, 3.05) is 27.9 Å². The van der Waals surface area contributed by atoms with Crippen LogP contribution in [0.4, 0.5) is 0 Å². The van der Waals surface area contributed by atoms with E-state index < -0.39 is 5.60 Å². The largest absolute Gasteiger partial charge is 0.388 e. The SMILES string of the molecule is COCC(C)(O)CC(OC)OC. The summed E-state index contributed by atoms with van der Waals surface area (Å²) in [5.41, 5.74) is -0.897. The maximum atomic E-state index is 9.66. The van der Waals surface area contributed by atoms with Crippen LogP contribution in [0.3, 0.4) is 0 Å². The summed E-state index contributed by atoms with van der Waals surface area (Å²) in [7, 11) is 4.62. The van der Waals surface area contributed by atoms with Crippen LogP contribution in [0.1, 0.15) is 13.3 Å². The summed E-state index contributed by atoms with van der Waals surface area (Å²) in [5.74, 6) is 0. The van der Waals surface area contributed by atoms with Gasteiger partial charge in [0.05, 0.1) is 12.2 Å². The molecule has 0 aliphatic rings. The third kappa shape index (κ3) is 4.66. The molecule has 0 amide bonds. The maximum Gasteiger partial charge on any atom is 0.159 e. The van der Waals surface area contributed by atoms with Gasteiger partial charge in [-0.1, -0.05) is 0 Å². The molecule has 0 aliphatic heterocycles. The molecule has 0 fully saturated rings. The number of rotatable bonds is 6. The molecule has 0 aromatic carbocycles. The van der Waals surface area contributed by atoms with Gasteiger partial charge in [-0.15, -0.1) is 0 Å². The predicted molar refractivity (Wildman–Crippen MR) is 44.9 cm³/mol. The molecule has 1 atom stereocenters. The zero-order chi connectivity index (χ0) is 9.61. The summed E-state index contributed by atoms with van der Waals surface area (Å²) in [6.45, 7) is 1.96. The van der Waals surface area contributed by atoms with Crippen LogP contribution in [0.15, 0.2) is 0 Å². The fourth-order valence-electron chi connectivity index (χ4n) is 0.992. The van der Waals surface area contributed by atoms with E-state index in [1.54, 1.807) is 14.0 Å². The lowest BCUT2D eigenvalue weighted by atomic mass is 10.0. The minimum Gasteiger partial charge on any atom is -0.388 e. The first-order valence-electron chi connectivity index (χ1n) is 3.82. The van der Waals surface area contributed by atoms with Gasteiger partial charge in [0, 0.05) is 27.8 Å². The number of methoxy groups -OCH3 is 3. The van der Waals surface area contributed by atoms with Crippen molar-refractivity contribution in [1.82, 2.24) is 0 Å². The Morgan fingerprint density at radius 1 is 1.25 bits per heavy atom. The van der Waals surface area contributed by atoms with Crippen LogP contribution in [0.2, 0.25) is 0 Å². The van der Waals surface area contributed by atoms with Crippen LogP contribution in [-0.4, -0.2) is 44.9 Å². The highest BCUT2D eigenvalue weighted by Gasteiger charge is 2.25. The van der Waals surface area contributed by atoms with Gasteiger partial charge in [0.15, 0.2) is 6.29 Å². The molecule has 12 heavy (non-hydrogen) atoms.